The van der Waals surface area contributed by atoms with Crippen LogP contribution in [-0.2, 0) is 20.9 Å². The highest BCUT2D eigenvalue weighted by Gasteiger charge is 2.21. The predicted molar refractivity (Wildman–Crippen MR) is 198 cm³/mol. The van der Waals surface area contributed by atoms with Crippen LogP contribution in [0.2, 0.25) is 0 Å². The first-order chi connectivity index (χ1) is 25.5. The predicted octanol–water partition coefficient (Wildman–Crippen LogP) is 6.69. The van der Waals surface area contributed by atoms with Crippen LogP contribution in [0.4, 0.5) is 26.2 Å². The molecule has 4 rings (SSSR count). The number of nitrogens with two attached hydrogens (primary N) is 1. The molecule has 4 aromatic carbocycles. The number of benzene rings is 4. The number of carbonyl (C=O) groups is 5. The monoisotopic (exact) mass is 744 g/mol. The molecule has 0 saturated carbocycles. The second-order valence-electron chi connectivity index (χ2n) is 13.0. The summed E-state index contributed by atoms with van der Waals surface area (Å²) in [7, 11) is 1.20. The van der Waals surface area contributed by atoms with Gasteiger partial charge in [-0.2, -0.15) is 0 Å². The van der Waals surface area contributed by atoms with E-state index in [9.17, 15) is 28.4 Å². The molecule has 0 radical (unpaired) electrons. The SMILES string of the molecule is COC(=O)c1ccc(NC(=O)c2ccc(NC(=O)c3ccc(NC(=O)OC(C)(C)C)c(OC(C)C)c3)c(OCc3ccc(F)cc3)c2)c(OCC(N)=O)c1. The van der Waals surface area contributed by atoms with Gasteiger partial charge in [0.1, 0.15) is 35.3 Å². The summed E-state index contributed by atoms with van der Waals surface area (Å²) in [5.74, 6) is -2.80. The van der Waals surface area contributed by atoms with Crippen LogP contribution < -0.4 is 35.9 Å². The Labute approximate surface area is 311 Å². The fraction of sp³-hybridized carbons (Fsp3) is 0.256. The molecule has 0 bridgehead atoms. The summed E-state index contributed by atoms with van der Waals surface area (Å²) in [6.45, 7) is 8.19. The van der Waals surface area contributed by atoms with E-state index in [1.807, 2.05) is 0 Å². The van der Waals surface area contributed by atoms with Gasteiger partial charge in [-0.15, -0.1) is 0 Å². The normalized spacial score (nSPS) is 10.9. The molecule has 4 amide bonds. The van der Waals surface area contributed by atoms with Crippen LogP contribution in [0, 0.1) is 5.82 Å². The number of carbonyl (C=O) groups excluding carboxylic acids is 5. The standard InChI is InChI=1S/C39H41FN4O10/c1-22(2)53-33-18-25(10-15-30(33)44-38(49)54-39(3,4)5)36(47)42-28-14-9-24(17-31(28)51-20-23-7-12-27(40)13-8-23)35(46)43-29-16-11-26(37(48)50-6)19-32(29)52-21-34(41)45/h7-19,22H,20-21H2,1-6H3,(H2,41,45)(H,42,47)(H,43,46)(H,44,49). The highest BCUT2D eigenvalue weighted by atomic mass is 19.1. The van der Waals surface area contributed by atoms with Crippen molar-refractivity contribution in [2.75, 3.05) is 29.7 Å². The van der Waals surface area contributed by atoms with Gasteiger partial charge in [0.2, 0.25) is 0 Å². The minimum Gasteiger partial charge on any atom is -0.489 e. The summed E-state index contributed by atoms with van der Waals surface area (Å²) < 4.78 is 41.0. The van der Waals surface area contributed by atoms with Crippen LogP contribution in [0.5, 0.6) is 17.2 Å². The number of rotatable bonds is 14. The van der Waals surface area contributed by atoms with Gasteiger partial charge in [-0.05, 0) is 107 Å². The third-order valence-electron chi connectivity index (χ3n) is 7.06. The Morgan fingerprint density at radius 1 is 0.704 bits per heavy atom. The third kappa shape index (κ3) is 11.7. The maximum Gasteiger partial charge on any atom is 0.412 e. The van der Waals surface area contributed by atoms with E-state index in [0.29, 0.717) is 5.56 Å². The number of methoxy groups -OCH3 is 1. The zero-order chi connectivity index (χ0) is 39.6. The number of esters is 1. The van der Waals surface area contributed by atoms with E-state index < -0.39 is 47.8 Å². The smallest absolute Gasteiger partial charge is 0.412 e. The molecule has 14 nitrogen and oxygen atoms in total. The van der Waals surface area contributed by atoms with E-state index in [1.54, 1.807) is 34.6 Å². The minimum absolute atomic E-state index is 0.0187. The lowest BCUT2D eigenvalue weighted by Gasteiger charge is -2.21. The Kier molecular flexibility index (Phi) is 13.2. The molecule has 0 unspecified atom stereocenters. The van der Waals surface area contributed by atoms with Crippen molar-refractivity contribution in [3.63, 3.8) is 0 Å². The van der Waals surface area contributed by atoms with Crippen molar-refractivity contribution < 1.29 is 52.0 Å². The molecule has 4 aromatic rings. The fourth-order valence-corrected chi connectivity index (χ4v) is 4.69. The van der Waals surface area contributed by atoms with Crippen molar-refractivity contribution in [3.05, 3.63) is 107 Å². The average molecular weight is 745 g/mol. The van der Waals surface area contributed by atoms with Crippen LogP contribution in [-0.4, -0.2) is 55.2 Å². The second kappa shape index (κ2) is 17.7. The molecule has 0 atom stereocenters. The van der Waals surface area contributed by atoms with Gasteiger partial charge in [0.05, 0.1) is 35.8 Å². The summed E-state index contributed by atoms with van der Waals surface area (Å²) in [4.78, 5) is 63.1. The van der Waals surface area contributed by atoms with Gasteiger partial charge in [0.25, 0.3) is 17.7 Å². The molecule has 5 N–H and O–H groups in total. The Balaban J connectivity index is 1.63. The lowest BCUT2D eigenvalue weighted by molar-refractivity contribution is -0.119. The second-order valence-corrected chi connectivity index (χ2v) is 13.0. The Hall–Kier alpha value is -6.64. The van der Waals surface area contributed by atoms with Crippen molar-refractivity contribution in [2.24, 2.45) is 5.73 Å². The molecule has 15 heteroatoms. The molecule has 0 spiro atoms. The fourth-order valence-electron chi connectivity index (χ4n) is 4.69. The van der Waals surface area contributed by atoms with E-state index in [-0.39, 0.29) is 63.7 Å². The number of nitrogens with one attached hydrogen (secondary N) is 3. The van der Waals surface area contributed by atoms with E-state index in [0.717, 1.165) is 0 Å². The van der Waals surface area contributed by atoms with Gasteiger partial charge in [-0.25, -0.2) is 14.0 Å². The average Bonchev–Trinajstić information content (AvgIpc) is 3.10. The quantitative estimate of drug-likeness (QED) is 0.101. The van der Waals surface area contributed by atoms with Crippen LogP contribution >= 0.6 is 0 Å². The number of halogens is 1. The largest absolute Gasteiger partial charge is 0.489 e. The van der Waals surface area contributed by atoms with Gasteiger partial charge >= 0.3 is 12.1 Å². The number of anilines is 3. The maximum absolute atomic E-state index is 13.6. The van der Waals surface area contributed by atoms with E-state index in [2.05, 4.69) is 16.0 Å². The number of ether oxygens (including phenoxy) is 5. The molecule has 284 valence electrons. The van der Waals surface area contributed by atoms with Gasteiger partial charge < -0.3 is 40.1 Å². The van der Waals surface area contributed by atoms with Crippen LogP contribution in [0.1, 0.15) is 71.3 Å². The molecular weight excluding hydrogens is 703 g/mol. The Morgan fingerprint density at radius 3 is 1.72 bits per heavy atom. The molecule has 0 saturated heterocycles. The van der Waals surface area contributed by atoms with Crippen molar-refractivity contribution >= 4 is 46.8 Å². The highest BCUT2D eigenvalue weighted by Crippen LogP contribution is 2.32. The molecule has 0 aliphatic carbocycles. The summed E-state index contributed by atoms with van der Waals surface area (Å²) in [6, 6.07) is 18.4. The molecule has 0 heterocycles. The maximum atomic E-state index is 13.6. The zero-order valence-electron chi connectivity index (χ0n) is 30.5. The Morgan fingerprint density at radius 2 is 1.20 bits per heavy atom. The van der Waals surface area contributed by atoms with Gasteiger partial charge in [0.15, 0.2) is 6.61 Å². The van der Waals surface area contributed by atoms with Crippen molar-refractivity contribution in [1.29, 1.82) is 0 Å². The van der Waals surface area contributed by atoms with E-state index in [1.165, 1.54) is 86.0 Å². The van der Waals surface area contributed by atoms with Crippen molar-refractivity contribution in [3.8, 4) is 17.2 Å². The van der Waals surface area contributed by atoms with Crippen LogP contribution in [0.15, 0.2) is 78.9 Å². The third-order valence-corrected chi connectivity index (χ3v) is 7.06. The first-order valence-corrected chi connectivity index (χ1v) is 16.6. The number of hydrogen-bond acceptors (Lipinski definition) is 10. The van der Waals surface area contributed by atoms with Crippen molar-refractivity contribution in [1.82, 2.24) is 0 Å². The van der Waals surface area contributed by atoms with Gasteiger partial charge in [-0.3, -0.25) is 19.7 Å². The molecule has 0 aliphatic rings. The van der Waals surface area contributed by atoms with Crippen LogP contribution in [0.25, 0.3) is 0 Å². The summed E-state index contributed by atoms with van der Waals surface area (Å²) in [6.07, 6.45) is -1.00. The first kappa shape index (κ1) is 40.1. The Bertz CT molecular complexity index is 2030. The number of primary amides is 1. The highest BCUT2D eigenvalue weighted by molar-refractivity contribution is 6.08. The lowest BCUT2D eigenvalue weighted by Crippen LogP contribution is -2.27. The molecular formula is C39H41FN4O10. The minimum atomic E-state index is -0.784. The molecule has 54 heavy (non-hydrogen) atoms. The number of amides is 4. The van der Waals surface area contributed by atoms with E-state index >= 15 is 0 Å². The topological polar surface area (TPSA) is 194 Å². The van der Waals surface area contributed by atoms with Crippen molar-refractivity contribution in [2.45, 2.75) is 52.9 Å². The summed E-state index contributed by atoms with van der Waals surface area (Å²) >= 11 is 0. The zero-order valence-corrected chi connectivity index (χ0v) is 30.5. The number of hydrogen-bond donors (Lipinski definition) is 4. The van der Waals surface area contributed by atoms with E-state index in [4.69, 9.17) is 29.4 Å². The summed E-state index contributed by atoms with van der Waals surface area (Å²) in [5, 5.41) is 8.11. The molecule has 0 aliphatic heterocycles. The molecule has 0 fully saturated rings. The van der Waals surface area contributed by atoms with Gasteiger partial charge in [-0.1, -0.05) is 12.1 Å². The van der Waals surface area contributed by atoms with Gasteiger partial charge in [0, 0.05) is 11.1 Å². The molecule has 0 aromatic heterocycles. The van der Waals surface area contributed by atoms with Crippen LogP contribution in [0.3, 0.4) is 0 Å². The lowest BCUT2D eigenvalue weighted by atomic mass is 10.1. The summed E-state index contributed by atoms with van der Waals surface area (Å²) in [5.41, 5.74) is 6.04. The first-order valence-electron chi connectivity index (χ1n) is 16.6.